The number of thioether (sulfide) groups is 1. The predicted molar refractivity (Wildman–Crippen MR) is 135 cm³/mol. The van der Waals surface area contributed by atoms with E-state index in [0.29, 0.717) is 10.2 Å². The van der Waals surface area contributed by atoms with Crippen molar-refractivity contribution in [3.05, 3.63) is 81.0 Å². The number of carbonyl (C=O) groups excluding carboxylic acids is 2. The number of benzene rings is 2. The smallest absolute Gasteiger partial charge is 0.345 e. The lowest BCUT2D eigenvalue weighted by Crippen LogP contribution is -2.25. The number of thiazole rings is 1. The predicted octanol–water partition coefficient (Wildman–Crippen LogP) is 5.71. The van der Waals surface area contributed by atoms with E-state index in [0.717, 1.165) is 23.9 Å². The van der Waals surface area contributed by atoms with Crippen molar-refractivity contribution in [2.45, 2.75) is 17.9 Å². The maximum atomic E-state index is 13.4. The number of rotatable bonds is 8. The van der Waals surface area contributed by atoms with Gasteiger partial charge in [-0.15, -0.1) is 21.5 Å². The Hall–Kier alpha value is -3.13. The van der Waals surface area contributed by atoms with Gasteiger partial charge in [0.25, 0.3) is 5.91 Å². The zero-order chi connectivity index (χ0) is 26.6. The summed E-state index contributed by atoms with van der Waals surface area (Å²) in [6.45, 7) is -0.188. The molecule has 0 aliphatic rings. The molecule has 192 valence electrons. The fourth-order valence-corrected chi connectivity index (χ4v) is 4.90. The molecule has 2 aromatic carbocycles. The minimum absolute atomic E-state index is 0.108. The van der Waals surface area contributed by atoms with Crippen LogP contribution in [-0.4, -0.2) is 37.3 Å². The lowest BCUT2D eigenvalue weighted by molar-refractivity contribution is -0.137. The van der Waals surface area contributed by atoms with E-state index < -0.39 is 17.6 Å². The number of hydrogen-bond acceptors (Lipinski definition) is 7. The Labute approximate surface area is 226 Å². The highest BCUT2D eigenvalue weighted by Gasteiger charge is 2.31. The van der Waals surface area contributed by atoms with Gasteiger partial charge in [0.1, 0.15) is 0 Å². The number of amides is 2. The van der Waals surface area contributed by atoms with Gasteiger partial charge in [-0.1, -0.05) is 41.0 Å². The number of anilines is 1. The van der Waals surface area contributed by atoms with Crippen molar-refractivity contribution in [2.75, 3.05) is 11.1 Å². The van der Waals surface area contributed by atoms with Crippen LogP contribution in [0.25, 0.3) is 5.69 Å². The van der Waals surface area contributed by atoms with Crippen LogP contribution in [0.5, 0.6) is 0 Å². The van der Waals surface area contributed by atoms with Crippen molar-refractivity contribution in [3.8, 4) is 5.69 Å². The van der Waals surface area contributed by atoms with Gasteiger partial charge in [0.2, 0.25) is 5.91 Å². The number of aromatic nitrogens is 4. The normalized spacial score (nSPS) is 11.4. The molecule has 8 nitrogen and oxygen atoms in total. The number of nitrogens with zero attached hydrogens (tertiary/aromatic N) is 4. The molecular weight excluding hydrogens is 572 g/mol. The molecule has 4 rings (SSSR count). The molecule has 0 atom stereocenters. The van der Waals surface area contributed by atoms with E-state index in [4.69, 9.17) is 23.2 Å². The number of carbonyl (C=O) groups is 2. The quantitative estimate of drug-likeness (QED) is 0.256. The summed E-state index contributed by atoms with van der Waals surface area (Å²) in [4.78, 5) is 28.9. The minimum Gasteiger partial charge on any atom is -0.345 e. The van der Waals surface area contributed by atoms with Crippen LogP contribution in [0.2, 0.25) is 10.0 Å². The molecule has 37 heavy (non-hydrogen) atoms. The van der Waals surface area contributed by atoms with Crippen LogP contribution in [0, 0.1) is 0 Å². The second-order valence-corrected chi connectivity index (χ2v) is 9.94. The van der Waals surface area contributed by atoms with Gasteiger partial charge >= 0.3 is 6.18 Å². The third-order valence-electron chi connectivity index (χ3n) is 4.73. The Morgan fingerprint density at radius 2 is 1.92 bits per heavy atom. The summed E-state index contributed by atoms with van der Waals surface area (Å²) in [5.41, 5.74) is -0.611. The lowest BCUT2D eigenvalue weighted by Gasteiger charge is -2.13. The topological polar surface area (TPSA) is 102 Å². The van der Waals surface area contributed by atoms with Crippen molar-refractivity contribution in [3.63, 3.8) is 0 Å². The Balaban J connectivity index is 1.59. The second-order valence-electron chi connectivity index (χ2n) is 7.26. The van der Waals surface area contributed by atoms with Crippen molar-refractivity contribution < 1.29 is 22.8 Å². The SMILES string of the molecule is O=C(CSc1nnc(CNC(=O)c2ccc(Cl)cc2Cl)n1-c1cccc(C(F)(F)F)c1)Nc1nccs1. The van der Waals surface area contributed by atoms with Gasteiger partial charge < -0.3 is 10.6 Å². The summed E-state index contributed by atoms with van der Waals surface area (Å²) in [6, 6.07) is 8.92. The molecular formula is C22H15Cl2F3N6O2S2. The first-order chi connectivity index (χ1) is 17.6. The van der Waals surface area contributed by atoms with E-state index >= 15 is 0 Å². The third-order valence-corrected chi connectivity index (χ3v) is 6.89. The highest BCUT2D eigenvalue weighted by molar-refractivity contribution is 7.99. The van der Waals surface area contributed by atoms with E-state index in [-0.39, 0.29) is 45.5 Å². The van der Waals surface area contributed by atoms with Crippen molar-refractivity contribution in [1.29, 1.82) is 0 Å². The molecule has 0 aliphatic heterocycles. The standard InChI is InChI=1S/C22H15Cl2F3N6O2S2/c23-13-4-5-15(16(24)9-13)19(35)29-10-17-31-32-21(37-11-18(34)30-20-28-6-7-36-20)33(17)14-3-1-2-12(8-14)22(25,26)27/h1-9H,10-11H2,(H,29,35)(H,28,30,34). The Bertz CT molecular complexity index is 1430. The molecule has 0 bridgehead atoms. The zero-order valence-electron chi connectivity index (χ0n) is 18.4. The van der Waals surface area contributed by atoms with Crippen LogP contribution < -0.4 is 10.6 Å². The summed E-state index contributed by atoms with van der Waals surface area (Å²) >= 11 is 14.2. The first-order valence-corrected chi connectivity index (χ1v) is 12.9. The van der Waals surface area contributed by atoms with Crippen LogP contribution >= 0.6 is 46.3 Å². The lowest BCUT2D eigenvalue weighted by atomic mass is 10.2. The first kappa shape index (κ1) is 26.9. The largest absolute Gasteiger partial charge is 0.416 e. The zero-order valence-corrected chi connectivity index (χ0v) is 21.6. The van der Waals surface area contributed by atoms with E-state index in [1.54, 1.807) is 5.38 Å². The minimum atomic E-state index is -4.58. The number of alkyl halides is 3. The second kappa shape index (κ2) is 11.5. The van der Waals surface area contributed by atoms with Crippen LogP contribution in [0.4, 0.5) is 18.3 Å². The molecule has 4 aromatic rings. The molecule has 2 N–H and O–H groups in total. The molecule has 0 unspecified atom stereocenters. The van der Waals surface area contributed by atoms with Gasteiger partial charge in [-0.3, -0.25) is 14.2 Å². The Morgan fingerprint density at radius 3 is 2.62 bits per heavy atom. The van der Waals surface area contributed by atoms with Crippen LogP contribution in [0.1, 0.15) is 21.7 Å². The summed E-state index contributed by atoms with van der Waals surface area (Å²) in [7, 11) is 0. The summed E-state index contributed by atoms with van der Waals surface area (Å²) < 4.78 is 41.5. The molecule has 2 heterocycles. The summed E-state index contributed by atoms with van der Waals surface area (Å²) in [6.07, 6.45) is -3.04. The molecule has 2 amide bonds. The molecule has 0 radical (unpaired) electrons. The average Bonchev–Trinajstić information content (AvgIpc) is 3.50. The molecule has 0 fully saturated rings. The Kier molecular flexibility index (Phi) is 8.37. The maximum Gasteiger partial charge on any atom is 0.416 e. The molecule has 0 aliphatic carbocycles. The number of halogens is 5. The molecule has 0 saturated carbocycles. The summed E-state index contributed by atoms with van der Waals surface area (Å²) in [5, 5.41) is 16.1. The van der Waals surface area contributed by atoms with Crippen molar-refractivity contribution >= 4 is 63.2 Å². The van der Waals surface area contributed by atoms with Gasteiger partial charge in [0.05, 0.1) is 34.1 Å². The van der Waals surface area contributed by atoms with Gasteiger partial charge in [-0.2, -0.15) is 13.2 Å². The number of hydrogen-bond donors (Lipinski definition) is 2. The summed E-state index contributed by atoms with van der Waals surface area (Å²) in [5.74, 6) is -0.896. The van der Waals surface area contributed by atoms with E-state index in [1.165, 1.54) is 52.4 Å². The highest BCUT2D eigenvalue weighted by atomic mass is 35.5. The average molecular weight is 587 g/mol. The molecule has 15 heteroatoms. The van der Waals surface area contributed by atoms with Crippen molar-refractivity contribution in [1.82, 2.24) is 25.1 Å². The van der Waals surface area contributed by atoms with Gasteiger partial charge in [-0.25, -0.2) is 4.98 Å². The van der Waals surface area contributed by atoms with Gasteiger partial charge in [-0.05, 0) is 36.4 Å². The molecule has 2 aromatic heterocycles. The van der Waals surface area contributed by atoms with Crippen LogP contribution in [0.3, 0.4) is 0 Å². The van der Waals surface area contributed by atoms with Gasteiger partial charge in [0.15, 0.2) is 16.1 Å². The fourth-order valence-electron chi connectivity index (χ4n) is 3.09. The fraction of sp³-hybridized carbons (Fsp3) is 0.136. The first-order valence-electron chi connectivity index (χ1n) is 10.3. The van der Waals surface area contributed by atoms with Gasteiger partial charge in [0, 0.05) is 16.6 Å². The van der Waals surface area contributed by atoms with Crippen LogP contribution in [-0.2, 0) is 17.5 Å². The Morgan fingerprint density at radius 1 is 1.11 bits per heavy atom. The number of nitrogens with one attached hydrogen (secondary N) is 2. The van der Waals surface area contributed by atoms with E-state index in [2.05, 4.69) is 25.8 Å². The van der Waals surface area contributed by atoms with E-state index in [9.17, 15) is 22.8 Å². The monoisotopic (exact) mass is 586 g/mol. The molecule has 0 saturated heterocycles. The van der Waals surface area contributed by atoms with E-state index in [1.807, 2.05) is 0 Å². The maximum absolute atomic E-state index is 13.4. The molecule has 0 spiro atoms. The third kappa shape index (κ3) is 6.80. The van der Waals surface area contributed by atoms with Crippen LogP contribution in [0.15, 0.2) is 59.2 Å². The highest BCUT2D eigenvalue weighted by Crippen LogP contribution is 2.32. The van der Waals surface area contributed by atoms with Crippen molar-refractivity contribution in [2.24, 2.45) is 0 Å².